The molecule has 0 saturated carbocycles. The van der Waals surface area contributed by atoms with Crippen LogP contribution in [0.1, 0.15) is 32.8 Å². The topological polar surface area (TPSA) is 42.0 Å². The molecular weight excluding hydrogens is 328 g/mol. The van der Waals surface area contributed by atoms with Crippen LogP contribution in [0.15, 0.2) is 54.6 Å². The molecule has 1 amide bonds. The fourth-order valence-electron chi connectivity index (χ4n) is 2.86. The third-order valence-corrected chi connectivity index (χ3v) is 4.00. The van der Waals surface area contributed by atoms with Crippen LogP contribution in [0.2, 0.25) is 0 Å². The van der Waals surface area contributed by atoms with Crippen molar-refractivity contribution in [3.8, 4) is 5.75 Å². The molecule has 2 aromatic carbocycles. The lowest BCUT2D eigenvalue weighted by Crippen LogP contribution is -2.44. The third kappa shape index (κ3) is 4.69. The number of hydrogen-bond donors (Lipinski definition) is 0. The van der Waals surface area contributed by atoms with Crippen LogP contribution in [0.4, 0.5) is 10.5 Å². The van der Waals surface area contributed by atoms with Gasteiger partial charge in [-0.25, -0.2) is 9.80 Å². The Labute approximate surface area is 155 Å². The normalized spacial score (nSPS) is 14.4. The lowest BCUT2D eigenvalue weighted by atomic mass is 10.2. The van der Waals surface area contributed by atoms with Gasteiger partial charge in [0.05, 0.1) is 5.69 Å². The third-order valence-electron chi connectivity index (χ3n) is 4.00. The second-order valence-electron chi connectivity index (χ2n) is 7.35. The van der Waals surface area contributed by atoms with E-state index < -0.39 is 5.60 Å². The van der Waals surface area contributed by atoms with Crippen LogP contribution in [0, 0.1) is 0 Å². The number of hydrogen-bond acceptors (Lipinski definition) is 4. The minimum Gasteiger partial charge on any atom is -0.489 e. The van der Waals surface area contributed by atoms with E-state index in [-0.39, 0.29) is 6.09 Å². The van der Waals surface area contributed by atoms with Crippen LogP contribution in [-0.2, 0) is 11.3 Å². The Balaban J connectivity index is 1.69. The molecule has 3 rings (SSSR count). The molecule has 138 valence electrons. The number of carbonyl (C=O) groups excluding carboxylic acids is 1. The van der Waals surface area contributed by atoms with E-state index >= 15 is 0 Å². The van der Waals surface area contributed by atoms with E-state index in [2.05, 4.69) is 0 Å². The highest BCUT2D eigenvalue weighted by Gasteiger charge is 2.31. The van der Waals surface area contributed by atoms with E-state index in [1.807, 2.05) is 80.4 Å². The molecule has 5 nitrogen and oxygen atoms in total. The number of anilines is 1. The van der Waals surface area contributed by atoms with Gasteiger partial charge in [0.2, 0.25) is 0 Å². The van der Waals surface area contributed by atoms with Gasteiger partial charge in [0.15, 0.2) is 0 Å². The van der Waals surface area contributed by atoms with Gasteiger partial charge in [0.25, 0.3) is 0 Å². The van der Waals surface area contributed by atoms with Crippen molar-refractivity contribution in [2.75, 3.05) is 18.1 Å². The predicted octanol–water partition coefficient (Wildman–Crippen LogP) is 4.63. The molecule has 1 saturated heterocycles. The minimum atomic E-state index is -0.508. The highest BCUT2D eigenvalue weighted by atomic mass is 16.6. The molecule has 0 unspecified atom stereocenters. The summed E-state index contributed by atoms with van der Waals surface area (Å²) in [5.41, 5.74) is 1.54. The van der Waals surface area contributed by atoms with E-state index in [0.29, 0.717) is 13.2 Å². The van der Waals surface area contributed by atoms with Crippen molar-refractivity contribution in [1.29, 1.82) is 0 Å². The van der Waals surface area contributed by atoms with Crippen LogP contribution in [0.25, 0.3) is 0 Å². The molecule has 1 aliphatic heterocycles. The van der Waals surface area contributed by atoms with Crippen molar-refractivity contribution in [1.82, 2.24) is 5.01 Å². The van der Waals surface area contributed by atoms with Crippen LogP contribution in [0.3, 0.4) is 0 Å². The first-order valence-electron chi connectivity index (χ1n) is 8.97. The largest absolute Gasteiger partial charge is 0.489 e. The Morgan fingerprint density at radius 3 is 2.54 bits per heavy atom. The lowest BCUT2D eigenvalue weighted by molar-refractivity contribution is 0.0274. The molecule has 26 heavy (non-hydrogen) atoms. The molecule has 0 N–H and O–H groups in total. The first-order valence-corrected chi connectivity index (χ1v) is 8.97. The molecule has 1 heterocycles. The van der Waals surface area contributed by atoms with Gasteiger partial charge in [-0.15, -0.1) is 0 Å². The summed E-state index contributed by atoms with van der Waals surface area (Å²) in [6.45, 7) is 7.58. The SMILES string of the molecule is CC(C)(C)OC(=O)N1CCCN1c1cccc(OCc2ccccc2)c1. The summed E-state index contributed by atoms with van der Waals surface area (Å²) in [5, 5.41) is 3.63. The fraction of sp³-hybridized carbons (Fsp3) is 0.381. The molecule has 2 aromatic rings. The Morgan fingerprint density at radius 1 is 1.04 bits per heavy atom. The maximum absolute atomic E-state index is 12.5. The van der Waals surface area contributed by atoms with E-state index in [1.54, 1.807) is 5.01 Å². The van der Waals surface area contributed by atoms with Crippen LogP contribution in [0.5, 0.6) is 5.75 Å². The first kappa shape index (κ1) is 18.1. The highest BCUT2D eigenvalue weighted by molar-refractivity contribution is 5.72. The summed E-state index contributed by atoms with van der Waals surface area (Å²) in [5.74, 6) is 0.780. The second kappa shape index (κ2) is 7.68. The van der Waals surface area contributed by atoms with Crippen molar-refractivity contribution >= 4 is 11.8 Å². The lowest BCUT2D eigenvalue weighted by Gasteiger charge is -2.31. The summed E-state index contributed by atoms with van der Waals surface area (Å²) in [7, 11) is 0. The van der Waals surface area contributed by atoms with E-state index in [4.69, 9.17) is 9.47 Å². The second-order valence-corrected chi connectivity index (χ2v) is 7.35. The molecule has 0 aliphatic carbocycles. The Kier molecular flexibility index (Phi) is 5.35. The Bertz CT molecular complexity index is 740. The average Bonchev–Trinajstić information content (AvgIpc) is 3.10. The summed E-state index contributed by atoms with van der Waals surface area (Å²) in [6.07, 6.45) is 0.597. The van der Waals surface area contributed by atoms with Gasteiger partial charge in [-0.3, -0.25) is 5.01 Å². The zero-order valence-electron chi connectivity index (χ0n) is 15.6. The molecule has 0 bridgehead atoms. The Morgan fingerprint density at radius 2 is 1.81 bits per heavy atom. The van der Waals surface area contributed by atoms with Crippen molar-refractivity contribution < 1.29 is 14.3 Å². The number of rotatable bonds is 4. The monoisotopic (exact) mass is 354 g/mol. The average molecular weight is 354 g/mol. The van der Waals surface area contributed by atoms with E-state index in [9.17, 15) is 4.79 Å². The van der Waals surface area contributed by atoms with Gasteiger partial charge in [0.1, 0.15) is 18.0 Å². The van der Waals surface area contributed by atoms with Gasteiger partial charge in [-0.05, 0) is 44.9 Å². The quantitative estimate of drug-likeness (QED) is 0.803. The van der Waals surface area contributed by atoms with Crippen LogP contribution < -0.4 is 9.75 Å². The van der Waals surface area contributed by atoms with E-state index in [0.717, 1.165) is 30.0 Å². The fourth-order valence-corrected chi connectivity index (χ4v) is 2.86. The first-order chi connectivity index (χ1) is 12.4. The summed E-state index contributed by atoms with van der Waals surface area (Å²) in [6, 6.07) is 17.9. The van der Waals surface area contributed by atoms with Crippen molar-refractivity contribution in [3.63, 3.8) is 0 Å². The molecule has 0 radical (unpaired) electrons. The number of amides is 1. The zero-order chi connectivity index (χ0) is 18.6. The van der Waals surface area contributed by atoms with Gasteiger partial charge >= 0.3 is 6.09 Å². The number of carbonyl (C=O) groups is 1. The zero-order valence-corrected chi connectivity index (χ0v) is 15.6. The van der Waals surface area contributed by atoms with Gasteiger partial charge in [0, 0.05) is 19.2 Å². The van der Waals surface area contributed by atoms with Crippen LogP contribution >= 0.6 is 0 Å². The number of benzene rings is 2. The van der Waals surface area contributed by atoms with Crippen LogP contribution in [-0.4, -0.2) is 29.8 Å². The smallest absolute Gasteiger partial charge is 0.429 e. The molecule has 0 spiro atoms. The van der Waals surface area contributed by atoms with Gasteiger partial charge in [-0.2, -0.15) is 0 Å². The molecule has 0 aromatic heterocycles. The highest BCUT2D eigenvalue weighted by Crippen LogP contribution is 2.27. The minimum absolute atomic E-state index is 0.314. The Hall–Kier alpha value is -2.69. The van der Waals surface area contributed by atoms with Crippen molar-refractivity contribution in [2.45, 2.75) is 39.4 Å². The maximum atomic E-state index is 12.5. The molecule has 1 fully saturated rings. The van der Waals surface area contributed by atoms with E-state index in [1.165, 1.54) is 0 Å². The number of nitrogens with zero attached hydrogens (tertiary/aromatic N) is 2. The summed E-state index contributed by atoms with van der Waals surface area (Å²) >= 11 is 0. The standard InChI is InChI=1S/C21H26N2O3/c1-21(2,3)26-20(24)23-14-8-13-22(23)18-11-7-12-19(15-18)25-16-17-9-5-4-6-10-17/h4-7,9-12,15H,8,13-14,16H2,1-3H3. The summed E-state index contributed by atoms with van der Waals surface area (Å²) < 4.78 is 11.4. The molecule has 1 aliphatic rings. The van der Waals surface area contributed by atoms with Crippen molar-refractivity contribution in [2.24, 2.45) is 0 Å². The number of ether oxygens (including phenoxy) is 2. The van der Waals surface area contributed by atoms with Gasteiger partial charge < -0.3 is 9.47 Å². The summed E-state index contributed by atoms with van der Waals surface area (Å²) in [4.78, 5) is 12.5. The molecule has 5 heteroatoms. The molecular formula is C21H26N2O3. The number of hydrazine groups is 1. The van der Waals surface area contributed by atoms with Crippen molar-refractivity contribution in [3.05, 3.63) is 60.2 Å². The molecule has 0 atom stereocenters. The predicted molar refractivity (Wildman–Crippen MR) is 102 cm³/mol. The maximum Gasteiger partial charge on any atom is 0.429 e. The van der Waals surface area contributed by atoms with Gasteiger partial charge in [-0.1, -0.05) is 36.4 Å².